The van der Waals surface area contributed by atoms with Gasteiger partial charge in [-0.15, -0.1) is 0 Å². The molecule has 0 aliphatic heterocycles. The molecule has 0 heterocycles. The number of rotatable bonds is 5. The molecule has 0 fully saturated rings. The predicted molar refractivity (Wildman–Crippen MR) is 123 cm³/mol. The molecule has 0 radical (unpaired) electrons. The molecule has 3 rings (SSSR count). The van der Waals surface area contributed by atoms with Gasteiger partial charge in [-0.2, -0.15) is 0 Å². The van der Waals surface area contributed by atoms with E-state index in [1.165, 1.54) is 0 Å². The first-order valence-corrected chi connectivity index (χ1v) is 10.5. The van der Waals surface area contributed by atoms with Crippen LogP contribution < -0.4 is 9.47 Å². The van der Waals surface area contributed by atoms with Gasteiger partial charge in [-0.05, 0) is 87.2 Å². The number of benzene rings is 3. The molecule has 5 heteroatoms. The summed E-state index contributed by atoms with van der Waals surface area (Å²) in [7, 11) is 0. The van der Waals surface area contributed by atoms with E-state index in [4.69, 9.17) is 32.7 Å². The molecule has 0 aliphatic carbocycles. The topological polar surface area (TPSA) is 35.5 Å². The molecule has 0 unspecified atom stereocenters. The van der Waals surface area contributed by atoms with Gasteiger partial charge in [0.1, 0.15) is 11.5 Å². The number of carbonyl (C=O) groups is 1. The highest BCUT2D eigenvalue weighted by Crippen LogP contribution is 2.43. The van der Waals surface area contributed by atoms with Crippen molar-refractivity contribution >= 4 is 29.2 Å². The summed E-state index contributed by atoms with van der Waals surface area (Å²) in [4.78, 5) is 12.9. The Labute approximate surface area is 187 Å². The Kier molecular flexibility index (Phi) is 6.74. The summed E-state index contributed by atoms with van der Waals surface area (Å²) >= 11 is 12.1. The number of esters is 1. The van der Waals surface area contributed by atoms with Crippen molar-refractivity contribution in [3.63, 3.8) is 0 Å². The lowest BCUT2D eigenvalue weighted by atomic mass is 9.90. The molecule has 3 aromatic rings. The lowest BCUT2D eigenvalue weighted by Crippen LogP contribution is -2.10. The standard InChI is InChI=1S/C25H24Cl2O3/c1-6-29-21-9-7-14(2)16(4)23(21)24-17(5)15(3)8-10-22(24)30-25(28)18-11-19(26)13-20(27)12-18/h7-13H,6H2,1-5H3. The highest BCUT2D eigenvalue weighted by molar-refractivity contribution is 6.35. The third-order valence-corrected chi connectivity index (χ3v) is 5.68. The average Bonchev–Trinajstić information content (AvgIpc) is 2.68. The Morgan fingerprint density at radius 3 is 1.83 bits per heavy atom. The minimum Gasteiger partial charge on any atom is -0.493 e. The van der Waals surface area contributed by atoms with Crippen LogP contribution >= 0.6 is 23.2 Å². The molecule has 0 N–H and O–H groups in total. The normalized spacial score (nSPS) is 10.8. The smallest absolute Gasteiger partial charge is 0.343 e. The third kappa shape index (κ3) is 4.48. The Bertz CT molecular complexity index is 1100. The fourth-order valence-electron chi connectivity index (χ4n) is 3.39. The van der Waals surface area contributed by atoms with Crippen LogP contribution in [-0.4, -0.2) is 12.6 Å². The first-order valence-electron chi connectivity index (χ1n) is 9.74. The van der Waals surface area contributed by atoms with E-state index in [-0.39, 0.29) is 0 Å². The second-order valence-corrected chi connectivity index (χ2v) is 8.11. The number of aryl methyl sites for hydroxylation is 2. The van der Waals surface area contributed by atoms with Crippen molar-refractivity contribution in [3.8, 4) is 22.6 Å². The zero-order valence-electron chi connectivity index (χ0n) is 17.7. The highest BCUT2D eigenvalue weighted by Gasteiger charge is 2.21. The van der Waals surface area contributed by atoms with Gasteiger partial charge in [-0.1, -0.05) is 35.3 Å². The molecule has 3 nitrogen and oxygen atoms in total. The fourth-order valence-corrected chi connectivity index (χ4v) is 3.92. The maximum absolute atomic E-state index is 12.9. The highest BCUT2D eigenvalue weighted by atomic mass is 35.5. The number of hydrogen-bond acceptors (Lipinski definition) is 3. The predicted octanol–water partition coefficient (Wildman–Crippen LogP) is 7.51. The minimum absolute atomic E-state index is 0.294. The maximum atomic E-state index is 12.9. The lowest BCUT2D eigenvalue weighted by molar-refractivity contribution is 0.0735. The van der Waals surface area contributed by atoms with Crippen molar-refractivity contribution in [1.82, 2.24) is 0 Å². The van der Waals surface area contributed by atoms with Gasteiger partial charge in [0.15, 0.2) is 0 Å². The van der Waals surface area contributed by atoms with Gasteiger partial charge in [0.2, 0.25) is 0 Å². The summed E-state index contributed by atoms with van der Waals surface area (Å²) in [6, 6.07) is 12.4. The van der Waals surface area contributed by atoms with Gasteiger partial charge < -0.3 is 9.47 Å². The van der Waals surface area contributed by atoms with E-state index in [1.807, 2.05) is 45.0 Å². The second kappa shape index (κ2) is 9.11. The van der Waals surface area contributed by atoms with E-state index >= 15 is 0 Å². The van der Waals surface area contributed by atoms with Crippen molar-refractivity contribution in [2.24, 2.45) is 0 Å². The van der Waals surface area contributed by atoms with E-state index in [2.05, 4.69) is 13.8 Å². The summed E-state index contributed by atoms with van der Waals surface area (Å²) in [5.41, 5.74) is 6.41. The summed E-state index contributed by atoms with van der Waals surface area (Å²) in [6.45, 7) is 10.7. The molecule has 0 spiro atoms. The molecule has 156 valence electrons. The van der Waals surface area contributed by atoms with E-state index in [9.17, 15) is 4.79 Å². The molecule has 3 aromatic carbocycles. The van der Waals surface area contributed by atoms with Gasteiger partial charge >= 0.3 is 5.97 Å². The molecule has 0 saturated heterocycles. The van der Waals surface area contributed by atoms with E-state index in [0.29, 0.717) is 28.0 Å². The summed E-state index contributed by atoms with van der Waals surface area (Å²) in [5.74, 6) is 0.707. The van der Waals surface area contributed by atoms with Gasteiger partial charge in [0.05, 0.1) is 12.2 Å². The van der Waals surface area contributed by atoms with Crippen LogP contribution in [0.15, 0.2) is 42.5 Å². The third-order valence-electron chi connectivity index (χ3n) is 5.25. The first kappa shape index (κ1) is 22.2. The van der Waals surface area contributed by atoms with Crippen LogP contribution in [0.2, 0.25) is 10.0 Å². The van der Waals surface area contributed by atoms with Crippen LogP contribution in [0, 0.1) is 27.7 Å². The van der Waals surface area contributed by atoms with Crippen LogP contribution in [0.4, 0.5) is 0 Å². The molecular weight excluding hydrogens is 419 g/mol. The molecule has 0 atom stereocenters. The van der Waals surface area contributed by atoms with Gasteiger partial charge in [0.25, 0.3) is 0 Å². The molecule has 0 bridgehead atoms. The summed E-state index contributed by atoms with van der Waals surface area (Å²) < 4.78 is 11.8. The maximum Gasteiger partial charge on any atom is 0.343 e. The summed E-state index contributed by atoms with van der Waals surface area (Å²) in [6.07, 6.45) is 0. The minimum atomic E-state index is -0.521. The number of halogens is 2. The SMILES string of the molecule is CCOc1ccc(C)c(C)c1-c1c(OC(=O)c2cc(Cl)cc(Cl)c2)ccc(C)c1C. The molecule has 0 saturated carbocycles. The Morgan fingerprint density at radius 1 is 0.800 bits per heavy atom. The Hall–Kier alpha value is -2.49. The zero-order chi connectivity index (χ0) is 22.0. The van der Waals surface area contributed by atoms with Gasteiger partial charge in [-0.3, -0.25) is 0 Å². The van der Waals surface area contributed by atoms with Crippen LogP contribution in [0.5, 0.6) is 11.5 Å². The van der Waals surface area contributed by atoms with E-state index < -0.39 is 5.97 Å². The number of carbonyl (C=O) groups excluding carboxylic acids is 1. The second-order valence-electron chi connectivity index (χ2n) is 7.24. The Balaban J connectivity index is 2.17. The fraction of sp³-hybridized carbons (Fsp3) is 0.240. The van der Waals surface area contributed by atoms with Crippen molar-refractivity contribution in [2.75, 3.05) is 6.61 Å². The van der Waals surface area contributed by atoms with Crippen molar-refractivity contribution in [1.29, 1.82) is 0 Å². The van der Waals surface area contributed by atoms with E-state index in [0.717, 1.165) is 39.1 Å². The van der Waals surface area contributed by atoms with Crippen LogP contribution in [0.25, 0.3) is 11.1 Å². The van der Waals surface area contributed by atoms with Crippen molar-refractivity contribution < 1.29 is 14.3 Å². The zero-order valence-corrected chi connectivity index (χ0v) is 19.2. The quantitative estimate of drug-likeness (QED) is 0.302. The number of hydrogen-bond donors (Lipinski definition) is 0. The summed E-state index contributed by atoms with van der Waals surface area (Å²) in [5, 5.41) is 0.755. The van der Waals surface area contributed by atoms with Gasteiger partial charge in [-0.25, -0.2) is 4.79 Å². The van der Waals surface area contributed by atoms with Crippen LogP contribution in [0.1, 0.15) is 39.5 Å². The monoisotopic (exact) mass is 442 g/mol. The Morgan fingerprint density at radius 2 is 1.30 bits per heavy atom. The van der Waals surface area contributed by atoms with Crippen LogP contribution in [0.3, 0.4) is 0 Å². The number of ether oxygens (including phenoxy) is 2. The first-order chi connectivity index (χ1) is 14.2. The largest absolute Gasteiger partial charge is 0.493 e. The molecule has 0 aromatic heterocycles. The average molecular weight is 443 g/mol. The van der Waals surface area contributed by atoms with Gasteiger partial charge in [0, 0.05) is 21.2 Å². The molecule has 0 aliphatic rings. The lowest BCUT2D eigenvalue weighted by Gasteiger charge is -2.21. The molecular formula is C25H24Cl2O3. The molecule has 0 amide bonds. The van der Waals surface area contributed by atoms with Crippen LogP contribution in [-0.2, 0) is 0 Å². The van der Waals surface area contributed by atoms with E-state index in [1.54, 1.807) is 18.2 Å². The molecule has 30 heavy (non-hydrogen) atoms. The van der Waals surface area contributed by atoms with Crippen molar-refractivity contribution in [2.45, 2.75) is 34.6 Å². The van der Waals surface area contributed by atoms with Crippen molar-refractivity contribution in [3.05, 3.63) is 80.3 Å².